The minimum absolute atomic E-state index is 0.0242. The van der Waals surface area contributed by atoms with Crippen LogP contribution < -0.4 is 4.74 Å². The van der Waals surface area contributed by atoms with Crippen LogP contribution in [0.4, 0.5) is 8.78 Å². The average molecular weight is 395 g/mol. The molecule has 0 bridgehead atoms. The zero-order valence-electron chi connectivity index (χ0n) is 15.6. The van der Waals surface area contributed by atoms with Crippen molar-refractivity contribution in [3.05, 3.63) is 42.1 Å². The smallest absolute Gasteiger partial charge is 0.305 e. The Morgan fingerprint density at radius 2 is 1.89 bits per heavy atom. The standard InChI is InChI=1S/C20H23F2NO3S/c1-4-25-19(24)6-5-9-26-20-16(21)10-15(11-17(20)22)14-7-8-23-18(12-14)27-13(2)3/h7-8,10-13H,4-6,9H2,1-3H3. The Hall–Kier alpha value is -2.15. The van der Waals surface area contributed by atoms with Crippen molar-refractivity contribution in [2.75, 3.05) is 13.2 Å². The fourth-order valence-electron chi connectivity index (χ4n) is 2.38. The van der Waals surface area contributed by atoms with Gasteiger partial charge in [-0.25, -0.2) is 13.8 Å². The summed E-state index contributed by atoms with van der Waals surface area (Å²) in [5, 5.41) is 1.15. The third kappa shape index (κ3) is 6.50. The third-order valence-electron chi connectivity index (χ3n) is 3.50. The summed E-state index contributed by atoms with van der Waals surface area (Å²) < 4.78 is 38.7. The largest absolute Gasteiger partial charge is 0.488 e. The lowest BCUT2D eigenvalue weighted by Gasteiger charge is -2.11. The SMILES string of the molecule is CCOC(=O)CCCOc1c(F)cc(-c2ccnc(SC(C)C)c2)cc1F. The van der Waals surface area contributed by atoms with Crippen molar-refractivity contribution in [3.8, 4) is 16.9 Å². The Balaban J connectivity index is 2.07. The van der Waals surface area contributed by atoms with Gasteiger partial charge in [0.1, 0.15) is 0 Å². The number of benzene rings is 1. The van der Waals surface area contributed by atoms with Gasteiger partial charge in [0.05, 0.1) is 18.2 Å². The van der Waals surface area contributed by atoms with Crippen LogP contribution in [-0.4, -0.2) is 29.4 Å². The molecule has 1 aromatic carbocycles. The molecule has 0 aliphatic carbocycles. The number of hydrogen-bond acceptors (Lipinski definition) is 5. The number of pyridine rings is 1. The van der Waals surface area contributed by atoms with Crippen molar-refractivity contribution in [1.29, 1.82) is 0 Å². The number of halogens is 2. The van der Waals surface area contributed by atoms with E-state index in [4.69, 9.17) is 9.47 Å². The summed E-state index contributed by atoms with van der Waals surface area (Å²) in [6.07, 6.45) is 2.08. The molecule has 7 heteroatoms. The molecule has 146 valence electrons. The number of hydrogen-bond donors (Lipinski definition) is 0. The van der Waals surface area contributed by atoms with Gasteiger partial charge in [-0.15, -0.1) is 11.8 Å². The molecule has 0 spiro atoms. The van der Waals surface area contributed by atoms with Crippen LogP contribution in [0.15, 0.2) is 35.5 Å². The van der Waals surface area contributed by atoms with Crippen molar-refractivity contribution < 1.29 is 23.0 Å². The number of carbonyl (C=O) groups excluding carboxylic acids is 1. The average Bonchev–Trinajstić information content (AvgIpc) is 2.60. The van der Waals surface area contributed by atoms with E-state index in [2.05, 4.69) is 4.98 Å². The van der Waals surface area contributed by atoms with Crippen molar-refractivity contribution in [2.24, 2.45) is 0 Å². The van der Waals surface area contributed by atoms with Gasteiger partial charge in [0.2, 0.25) is 0 Å². The Morgan fingerprint density at radius 3 is 2.52 bits per heavy atom. The van der Waals surface area contributed by atoms with Crippen molar-refractivity contribution in [3.63, 3.8) is 0 Å². The zero-order valence-corrected chi connectivity index (χ0v) is 16.4. The predicted octanol–water partition coefficient (Wildman–Crippen LogP) is 5.25. The molecule has 0 radical (unpaired) electrons. The summed E-state index contributed by atoms with van der Waals surface area (Å²) in [6, 6.07) is 5.99. The fraction of sp³-hybridized carbons (Fsp3) is 0.400. The molecule has 0 saturated carbocycles. The number of esters is 1. The van der Waals surface area contributed by atoms with Gasteiger partial charge in [-0.05, 0) is 48.7 Å². The molecule has 27 heavy (non-hydrogen) atoms. The number of aromatic nitrogens is 1. The minimum atomic E-state index is -0.781. The molecular weight excluding hydrogens is 372 g/mol. The maximum Gasteiger partial charge on any atom is 0.305 e. The molecule has 0 unspecified atom stereocenters. The van der Waals surface area contributed by atoms with Gasteiger partial charge in [0.25, 0.3) is 0 Å². The lowest BCUT2D eigenvalue weighted by atomic mass is 10.1. The van der Waals surface area contributed by atoms with Gasteiger partial charge >= 0.3 is 5.97 Å². The van der Waals surface area contributed by atoms with E-state index < -0.39 is 17.4 Å². The zero-order chi connectivity index (χ0) is 19.8. The highest BCUT2D eigenvalue weighted by atomic mass is 32.2. The van der Waals surface area contributed by atoms with E-state index in [1.54, 1.807) is 37.0 Å². The van der Waals surface area contributed by atoms with Gasteiger partial charge < -0.3 is 9.47 Å². The quantitative estimate of drug-likeness (QED) is 0.330. The molecular formula is C20H23F2NO3S. The van der Waals surface area contributed by atoms with E-state index in [-0.39, 0.29) is 19.0 Å². The van der Waals surface area contributed by atoms with E-state index in [0.717, 1.165) is 5.03 Å². The van der Waals surface area contributed by atoms with E-state index in [1.807, 2.05) is 13.8 Å². The van der Waals surface area contributed by atoms with E-state index >= 15 is 0 Å². The highest BCUT2D eigenvalue weighted by Gasteiger charge is 2.15. The molecule has 0 aliphatic heterocycles. The second kappa shape index (κ2) is 10.3. The number of thioether (sulfide) groups is 1. The van der Waals surface area contributed by atoms with Crippen LogP contribution in [0.5, 0.6) is 5.75 Å². The Morgan fingerprint density at radius 1 is 1.19 bits per heavy atom. The lowest BCUT2D eigenvalue weighted by molar-refractivity contribution is -0.143. The van der Waals surface area contributed by atoms with Crippen LogP contribution in [0.1, 0.15) is 33.6 Å². The summed E-state index contributed by atoms with van der Waals surface area (Å²) in [5.74, 6) is -2.36. The predicted molar refractivity (Wildman–Crippen MR) is 102 cm³/mol. The van der Waals surface area contributed by atoms with E-state index in [9.17, 15) is 13.6 Å². The normalized spacial score (nSPS) is 10.9. The van der Waals surface area contributed by atoms with Gasteiger partial charge in [-0.1, -0.05) is 13.8 Å². The summed E-state index contributed by atoms with van der Waals surface area (Å²) in [6.45, 7) is 6.14. The lowest BCUT2D eigenvalue weighted by Crippen LogP contribution is -2.08. The molecule has 4 nitrogen and oxygen atoms in total. The molecule has 0 amide bonds. The summed E-state index contributed by atoms with van der Waals surface area (Å²) in [7, 11) is 0. The summed E-state index contributed by atoms with van der Waals surface area (Å²) >= 11 is 1.58. The van der Waals surface area contributed by atoms with Crippen molar-refractivity contribution >= 4 is 17.7 Å². The molecule has 2 aromatic rings. The van der Waals surface area contributed by atoms with Crippen LogP contribution in [0.3, 0.4) is 0 Å². The van der Waals surface area contributed by atoms with Crippen LogP contribution in [0, 0.1) is 11.6 Å². The van der Waals surface area contributed by atoms with E-state index in [1.165, 1.54) is 12.1 Å². The summed E-state index contributed by atoms with van der Waals surface area (Å²) in [5.41, 5.74) is 1.09. The third-order valence-corrected chi connectivity index (χ3v) is 4.44. The molecule has 0 atom stereocenters. The van der Waals surface area contributed by atoms with Gasteiger partial charge in [0.15, 0.2) is 17.4 Å². The molecule has 2 rings (SSSR count). The van der Waals surface area contributed by atoms with Crippen molar-refractivity contribution in [1.82, 2.24) is 4.98 Å². The Labute approximate surface area is 162 Å². The first-order valence-corrected chi connectivity index (χ1v) is 9.69. The van der Waals surface area contributed by atoms with Crippen LogP contribution in [0.2, 0.25) is 0 Å². The summed E-state index contributed by atoms with van der Waals surface area (Å²) in [4.78, 5) is 15.5. The first-order valence-electron chi connectivity index (χ1n) is 8.81. The second-order valence-corrected chi connectivity index (χ2v) is 7.67. The number of nitrogens with zero attached hydrogens (tertiary/aromatic N) is 1. The highest BCUT2D eigenvalue weighted by Crippen LogP contribution is 2.31. The molecule has 1 aromatic heterocycles. The number of carbonyl (C=O) groups is 1. The minimum Gasteiger partial charge on any atom is -0.488 e. The number of rotatable bonds is 9. The Bertz CT molecular complexity index is 761. The van der Waals surface area contributed by atoms with Gasteiger partial charge in [0, 0.05) is 17.9 Å². The monoisotopic (exact) mass is 395 g/mol. The molecule has 1 heterocycles. The van der Waals surface area contributed by atoms with Gasteiger partial charge in [-0.2, -0.15) is 0 Å². The van der Waals surface area contributed by atoms with Gasteiger partial charge in [-0.3, -0.25) is 4.79 Å². The number of ether oxygens (including phenoxy) is 2. The maximum atomic E-state index is 14.3. The fourth-order valence-corrected chi connectivity index (χ4v) is 3.18. The van der Waals surface area contributed by atoms with Crippen LogP contribution >= 0.6 is 11.8 Å². The highest BCUT2D eigenvalue weighted by molar-refractivity contribution is 7.99. The molecule has 0 N–H and O–H groups in total. The van der Waals surface area contributed by atoms with E-state index in [0.29, 0.717) is 29.4 Å². The Kier molecular flexibility index (Phi) is 8.03. The molecule has 0 saturated heterocycles. The molecule has 0 fully saturated rings. The van der Waals surface area contributed by atoms with Crippen LogP contribution in [-0.2, 0) is 9.53 Å². The van der Waals surface area contributed by atoms with Crippen molar-refractivity contribution in [2.45, 2.75) is 43.9 Å². The first-order chi connectivity index (χ1) is 12.9. The first kappa shape index (κ1) is 21.2. The maximum absolute atomic E-state index is 14.3. The second-order valence-electron chi connectivity index (χ2n) is 6.08. The molecule has 0 aliphatic rings. The topological polar surface area (TPSA) is 48.4 Å². The van der Waals surface area contributed by atoms with Crippen LogP contribution in [0.25, 0.3) is 11.1 Å².